The van der Waals surface area contributed by atoms with Crippen molar-refractivity contribution in [3.63, 3.8) is 0 Å². The number of nitrogens with two attached hydrogens (primary N) is 1. The molecule has 0 bridgehead atoms. The summed E-state index contributed by atoms with van der Waals surface area (Å²) in [5, 5.41) is 0. The third-order valence-electron chi connectivity index (χ3n) is 1.59. The fourth-order valence-corrected chi connectivity index (χ4v) is 1.73. The molecule has 11 heavy (non-hydrogen) atoms. The summed E-state index contributed by atoms with van der Waals surface area (Å²) >= 11 is 1.05. The summed E-state index contributed by atoms with van der Waals surface area (Å²) in [6, 6.07) is 8.30. The second-order valence-electron chi connectivity index (χ2n) is 2.34. The zero-order valence-electron chi connectivity index (χ0n) is 6.38. The first-order valence-electron chi connectivity index (χ1n) is 3.63. The van der Waals surface area contributed by atoms with Crippen molar-refractivity contribution in [1.82, 2.24) is 0 Å². The van der Waals surface area contributed by atoms with Crippen LogP contribution in [0.15, 0.2) is 24.3 Å². The van der Waals surface area contributed by atoms with Gasteiger partial charge in [0.1, 0.15) is 0 Å². The van der Waals surface area contributed by atoms with E-state index in [1.165, 1.54) is 11.1 Å². The number of hydrogen-bond acceptors (Lipinski definition) is 1. The SMILES string of the molecule is NCCc1ccccc1[C]#[Y]. The Balaban J connectivity index is 2.95. The first-order valence-corrected chi connectivity index (χ1v) is 5.05. The fraction of sp³-hybridized carbons (Fsp3) is 0.222. The molecule has 2 heteroatoms. The minimum atomic E-state index is 0.721. The Morgan fingerprint density at radius 2 is 2.09 bits per heavy atom. The van der Waals surface area contributed by atoms with Crippen molar-refractivity contribution in [1.29, 1.82) is 0 Å². The van der Waals surface area contributed by atoms with Crippen LogP contribution in [0, 0.1) is 2.59 Å². The Kier molecular flexibility index (Phi) is 4.03. The van der Waals surface area contributed by atoms with Crippen LogP contribution in [0.4, 0.5) is 0 Å². The van der Waals surface area contributed by atoms with Crippen LogP contribution in [0.25, 0.3) is 0 Å². The van der Waals surface area contributed by atoms with Gasteiger partial charge < -0.3 is 0 Å². The fourth-order valence-electron chi connectivity index (χ4n) is 1.03. The topological polar surface area (TPSA) is 26.0 Å². The molecule has 0 spiro atoms. The van der Waals surface area contributed by atoms with Gasteiger partial charge in [0.15, 0.2) is 0 Å². The summed E-state index contributed by atoms with van der Waals surface area (Å²) in [5.41, 5.74) is 8.03. The molecule has 0 aliphatic carbocycles. The van der Waals surface area contributed by atoms with Crippen LogP contribution in [0.5, 0.6) is 0 Å². The van der Waals surface area contributed by atoms with Crippen molar-refractivity contribution in [3.8, 4) is 2.59 Å². The van der Waals surface area contributed by atoms with Crippen molar-refractivity contribution in [2.75, 3.05) is 6.54 Å². The molecule has 0 aromatic heterocycles. The summed E-state index contributed by atoms with van der Waals surface area (Å²) in [6.07, 6.45) is 0.962. The van der Waals surface area contributed by atoms with Gasteiger partial charge in [-0.3, -0.25) is 0 Å². The Hall–Kier alpha value is 0.0639. The molecular weight excluding hydrogens is 211 g/mol. The van der Waals surface area contributed by atoms with Gasteiger partial charge in [-0.15, -0.1) is 0 Å². The van der Waals surface area contributed by atoms with E-state index in [1.807, 2.05) is 12.1 Å². The van der Waals surface area contributed by atoms with E-state index in [9.17, 15) is 0 Å². The maximum atomic E-state index is 5.47. The van der Waals surface area contributed by atoms with E-state index in [1.54, 1.807) is 0 Å². The minimum absolute atomic E-state index is 0.721. The number of hydrogen-bond donors (Lipinski definition) is 1. The van der Waals surface area contributed by atoms with Gasteiger partial charge in [-0.1, -0.05) is 0 Å². The van der Waals surface area contributed by atoms with E-state index in [-0.39, 0.29) is 0 Å². The van der Waals surface area contributed by atoms with E-state index in [2.05, 4.69) is 14.7 Å². The Labute approximate surface area is 86.4 Å². The van der Waals surface area contributed by atoms with Crippen molar-refractivity contribution in [2.45, 2.75) is 6.42 Å². The molecule has 0 heterocycles. The molecule has 0 amide bonds. The third kappa shape index (κ3) is 2.54. The quantitative estimate of drug-likeness (QED) is 0.793. The van der Waals surface area contributed by atoms with E-state index >= 15 is 0 Å². The van der Waals surface area contributed by atoms with Crippen LogP contribution < -0.4 is 5.73 Å². The molecule has 0 aliphatic heterocycles. The second kappa shape index (κ2) is 4.84. The van der Waals surface area contributed by atoms with Crippen LogP contribution >= 0.6 is 0 Å². The van der Waals surface area contributed by atoms with Gasteiger partial charge in [-0.2, -0.15) is 0 Å². The molecule has 0 aliphatic rings. The van der Waals surface area contributed by atoms with Gasteiger partial charge in [0.25, 0.3) is 0 Å². The van der Waals surface area contributed by atoms with Gasteiger partial charge in [-0.25, -0.2) is 0 Å². The molecule has 1 rings (SSSR count). The Morgan fingerprint density at radius 1 is 1.36 bits per heavy atom. The summed E-state index contributed by atoms with van der Waals surface area (Å²) in [4.78, 5) is 0. The van der Waals surface area contributed by atoms with Crippen LogP contribution in [-0.2, 0) is 36.7 Å². The summed E-state index contributed by atoms with van der Waals surface area (Å²) in [5.74, 6) is 0. The van der Waals surface area contributed by atoms with Gasteiger partial charge in [-0.05, 0) is 0 Å². The van der Waals surface area contributed by atoms with Crippen molar-refractivity contribution < 1.29 is 30.2 Å². The van der Waals surface area contributed by atoms with Crippen LogP contribution in [0.1, 0.15) is 11.1 Å². The molecule has 1 aromatic carbocycles. The normalized spacial score (nSPS) is 9.36. The monoisotopic (exact) mass is 221 g/mol. The molecule has 0 fully saturated rings. The predicted molar refractivity (Wildman–Crippen MR) is 42.2 cm³/mol. The number of benzene rings is 1. The standard InChI is InChI=1S/C9H10N.Y/c1-8-4-2-3-5-9(8)6-7-10;/h2-5H,6-7,10H2;. The first kappa shape index (κ1) is 9.15. The molecule has 0 unspecified atom stereocenters. The summed E-state index contributed by atoms with van der Waals surface area (Å²) < 4.78 is 3.25. The third-order valence-corrected chi connectivity index (χ3v) is 2.35. The van der Waals surface area contributed by atoms with Crippen LogP contribution in [0.3, 0.4) is 0 Å². The zero-order valence-corrected chi connectivity index (χ0v) is 9.22. The molecular formula is C9H10NY. The van der Waals surface area contributed by atoms with Gasteiger partial charge in [0, 0.05) is 0 Å². The Bertz CT molecular complexity index is 275. The average Bonchev–Trinajstić information content (AvgIpc) is 2.06. The van der Waals surface area contributed by atoms with Gasteiger partial charge in [0.2, 0.25) is 0 Å². The Morgan fingerprint density at radius 3 is 2.73 bits per heavy atom. The van der Waals surface area contributed by atoms with E-state index < -0.39 is 0 Å². The van der Waals surface area contributed by atoms with E-state index in [0.29, 0.717) is 0 Å². The van der Waals surface area contributed by atoms with Gasteiger partial charge in [0.05, 0.1) is 0 Å². The molecule has 0 radical (unpaired) electrons. The second-order valence-corrected chi connectivity index (χ2v) is 3.05. The maximum absolute atomic E-state index is 5.47. The molecule has 1 aromatic rings. The molecule has 1 nitrogen and oxygen atoms in total. The summed E-state index contributed by atoms with van der Waals surface area (Å²) in [6.45, 7) is 0.721. The average molecular weight is 221 g/mol. The van der Waals surface area contributed by atoms with Crippen molar-refractivity contribution >= 4 is 0 Å². The molecule has 2 N–H and O–H groups in total. The first-order chi connectivity index (χ1) is 5.38. The van der Waals surface area contributed by atoms with Crippen LogP contribution in [0.2, 0.25) is 0 Å². The molecule has 0 saturated carbocycles. The molecule has 0 atom stereocenters. The van der Waals surface area contributed by atoms with Crippen molar-refractivity contribution in [2.24, 2.45) is 5.73 Å². The molecule has 54 valence electrons. The molecule has 0 saturated heterocycles. The van der Waals surface area contributed by atoms with Crippen LogP contribution in [-0.4, -0.2) is 6.54 Å². The summed E-state index contributed by atoms with van der Waals surface area (Å²) in [7, 11) is 0. The van der Waals surface area contributed by atoms with Crippen molar-refractivity contribution in [3.05, 3.63) is 35.4 Å². The van der Waals surface area contributed by atoms with E-state index in [4.69, 9.17) is 5.73 Å². The predicted octanol–water partition coefficient (Wildman–Crippen LogP) is 1.04. The van der Waals surface area contributed by atoms with E-state index in [0.717, 1.165) is 43.2 Å². The van der Waals surface area contributed by atoms with Gasteiger partial charge >= 0.3 is 86.9 Å². The zero-order chi connectivity index (χ0) is 8.10. The number of rotatable bonds is 2.